The molecule has 3 aromatic rings. The Labute approximate surface area is 153 Å². The second-order valence-electron chi connectivity index (χ2n) is 6.08. The summed E-state index contributed by atoms with van der Waals surface area (Å²) < 4.78 is 11.0. The molecule has 1 heterocycles. The molecule has 1 aromatic heterocycles. The predicted molar refractivity (Wildman–Crippen MR) is 104 cm³/mol. The molecule has 2 aromatic carbocycles. The van der Waals surface area contributed by atoms with Gasteiger partial charge in [0.2, 0.25) is 5.91 Å². The topological polar surface area (TPSA) is 63.4 Å². The number of rotatable bonds is 7. The summed E-state index contributed by atoms with van der Waals surface area (Å²) in [5.74, 6) is 1.63. The van der Waals surface area contributed by atoms with Crippen molar-refractivity contribution in [3.05, 3.63) is 48.0 Å². The number of hydrogen-bond donors (Lipinski definition) is 2. The van der Waals surface area contributed by atoms with E-state index in [1.807, 2.05) is 43.3 Å². The van der Waals surface area contributed by atoms with Gasteiger partial charge in [-0.2, -0.15) is 0 Å². The predicted octanol–water partition coefficient (Wildman–Crippen LogP) is 3.92. The summed E-state index contributed by atoms with van der Waals surface area (Å²) in [7, 11) is 1.66. The van der Waals surface area contributed by atoms with Gasteiger partial charge < -0.3 is 19.8 Å². The first-order valence-corrected chi connectivity index (χ1v) is 8.78. The van der Waals surface area contributed by atoms with Crippen molar-refractivity contribution in [2.45, 2.75) is 20.3 Å². The Balaban J connectivity index is 2.07. The monoisotopic (exact) mass is 352 g/mol. The zero-order valence-electron chi connectivity index (χ0n) is 15.4. The maximum atomic E-state index is 11.3. The van der Waals surface area contributed by atoms with Crippen molar-refractivity contribution in [3.63, 3.8) is 0 Å². The molecule has 0 aliphatic rings. The summed E-state index contributed by atoms with van der Waals surface area (Å²) in [6.45, 7) is 4.71. The first-order chi connectivity index (χ1) is 12.6. The third kappa shape index (κ3) is 3.82. The fourth-order valence-corrected chi connectivity index (χ4v) is 3.13. The van der Waals surface area contributed by atoms with Gasteiger partial charge in [0.1, 0.15) is 11.5 Å². The normalized spacial score (nSPS) is 10.7. The number of benzene rings is 2. The van der Waals surface area contributed by atoms with Gasteiger partial charge >= 0.3 is 0 Å². The van der Waals surface area contributed by atoms with Gasteiger partial charge in [-0.15, -0.1) is 0 Å². The first kappa shape index (κ1) is 17.9. The zero-order chi connectivity index (χ0) is 18.5. The Kier molecular flexibility index (Phi) is 5.46. The van der Waals surface area contributed by atoms with Crippen molar-refractivity contribution >= 4 is 16.8 Å². The van der Waals surface area contributed by atoms with Gasteiger partial charge in [-0.25, -0.2) is 0 Å². The number of fused-ring (bicyclic) bond motifs is 1. The number of carbonyl (C=O) groups excluding carboxylic acids is 1. The molecule has 2 N–H and O–H groups in total. The average molecular weight is 352 g/mol. The lowest BCUT2D eigenvalue weighted by atomic mass is 10.0. The van der Waals surface area contributed by atoms with Gasteiger partial charge in [-0.1, -0.05) is 12.1 Å². The van der Waals surface area contributed by atoms with Crippen LogP contribution in [0, 0.1) is 0 Å². The first-order valence-electron chi connectivity index (χ1n) is 8.78. The van der Waals surface area contributed by atoms with Gasteiger partial charge in [0.15, 0.2) is 0 Å². The molecular formula is C21H24N2O3. The highest BCUT2D eigenvalue weighted by Gasteiger charge is 2.14. The van der Waals surface area contributed by atoms with Crippen LogP contribution in [0.15, 0.2) is 42.5 Å². The van der Waals surface area contributed by atoms with Crippen molar-refractivity contribution in [2.75, 3.05) is 20.3 Å². The summed E-state index contributed by atoms with van der Waals surface area (Å²) in [6, 6.07) is 14.0. The maximum absolute atomic E-state index is 11.3. The van der Waals surface area contributed by atoms with Crippen molar-refractivity contribution in [1.29, 1.82) is 0 Å². The van der Waals surface area contributed by atoms with E-state index in [4.69, 9.17) is 9.47 Å². The molecule has 0 spiro atoms. The number of methoxy groups -OCH3 is 1. The summed E-state index contributed by atoms with van der Waals surface area (Å²) >= 11 is 0. The van der Waals surface area contributed by atoms with Crippen molar-refractivity contribution in [1.82, 2.24) is 10.3 Å². The fourth-order valence-electron chi connectivity index (χ4n) is 3.13. The Morgan fingerprint density at radius 1 is 1.15 bits per heavy atom. The van der Waals surface area contributed by atoms with Crippen LogP contribution in [0.25, 0.3) is 22.2 Å². The van der Waals surface area contributed by atoms with Crippen LogP contribution in [-0.4, -0.2) is 31.2 Å². The quantitative estimate of drug-likeness (QED) is 0.677. The Bertz CT molecular complexity index is 915. The van der Waals surface area contributed by atoms with E-state index in [2.05, 4.69) is 16.4 Å². The zero-order valence-corrected chi connectivity index (χ0v) is 15.4. The molecular weight excluding hydrogens is 328 g/mol. The fraction of sp³-hybridized carbons (Fsp3) is 0.286. The molecule has 0 atom stereocenters. The third-order valence-corrected chi connectivity index (χ3v) is 4.30. The molecule has 5 nitrogen and oxygen atoms in total. The number of nitrogens with one attached hydrogen (secondary N) is 2. The summed E-state index contributed by atoms with van der Waals surface area (Å²) in [5, 5.41) is 3.98. The minimum atomic E-state index is -0.0256. The highest BCUT2D eigenvalue weighted by molar-refractivity contribution is 5.92. The van der Waals surface area contributed by atoms with Crippen LogP contribution in [0.3, 0.4) is 0 Å². The van der Waals surface area contributed by atoms with E-state index < -0.39 is 0 Å². The van der Waals surface area contributed by atoms with Gasteiger partial charge in [0, 0.05) is 35.6 Å². The minimum Gasteiger partial charge on any atom is -0.497 e. The minimum absolute atomic E-state index is 0.0256. The Morgan fingerprint density at radius 2 is 2.00 bits per heavy atom. The molecule has 0 saturated heterocycles. The molecule has 0 aliphatic heterocycles. The lowest BCUT2D eigenvalue weighted by Crippen LogP contribution is -2.22. The largest absolute Gasteiger partial charge is 0.497 e. The molecule has 0 radical (unpaired) electrons. The number of carbonyl (C=O) groups is 1. The van der Waals surface area contributed by atoms with E-state index in [0.717, 1.165) is 45.6 Å². The summed E-state index contributed by atoms with van der Waals surface area (Å²) in [4.78, 5) is 14.8. The van der Waals surface area contributed by atoms with Crippen LogP contribution >= 0.6 is 0 Å². The highest BCUT2D eigenvalue weighted by Crippen LogP contribution is 2.34. The lowest BCUT2D eigenvalue weighted by molar-refractivity contribution is -0.118. The Morgan fingerprint density at radius 3 is 2.73 bits per heavy atom. The molecule has 3 rings (SSSR count). The van der Waals surface area contributed by atoms with E-state index in [9.17, 15) is 4.79 Å². The van der Waals surface area contributed by atoms with E-state index in [1.165, 1.54) is 6.92 Å². The van der Waals surface area contributed by atoms with E-state index in [1.54, 1.807) is 7.11 Å². The standard InChI is InChI=1S/C21H24N2O3/c1-4-26-17-7-5-6-15(12-17)21-18(10-11-22-14(2)24)19-13-16(25-3)8-9-20(19)23-21/h5-9,12-13,23H,4,10-11H2,1-3H3,(H,22,24). The highest BCUT2D eigenvalue weighted by atomic mass is 16.5. The number of aromatic nitrogens is 1. The second kappa shape index (κ2) is 7.95. The van der Waals surface area contributed by atoms with Crippen LogP contribution in [0.1, 0.15) is 19.4 Å². The molecule has 0 saturated carbocycles. The van der Waals surface area contributed by atoms with Crippen molar-refractivity contribution in [2.24, 2.45) is 0 Å². The number of hydrogen-bond acceptors (Lipinski definition) is 3. The van der Waals surface area contributed by atoms with Crippen LogP contribution in [0.4, 0.5) is 0 Å². The maximum Gasteiger partial charge on any atom is 0.216 e. The molecule has 0 fully saturated rings. The van der Waals surface area contributed by atoms with Crippen molar-refractivity contribution in [3.8, 4) is 22.8 Å². The molecule has 26 heavy (non-hydrogen) atoms. The average Bonchev–Trinajstić information content (AvgIpc) is 3.00. The van der Waals surface area contributed by atoms with Crippen LogP contribution in [0.5, 0.6) is 11.5 Å². The molecule has 0 unspecified atom stereocenters. The summed E-state index contributed by atoms with van der Waals surface area (Å²) in [6.07, 6.45) is 0.723. The van der Waals surface area contributed by atoms with E-state index in [0.29, 0.717) is 13.2 Å². The van der Waals surface area contributed by atoms with Gasteiger partial charge in [0.05, 0.1) is 13.7 Å². The summed E-state index contributed by atoms with van der Waals surface area (Å²) in [5.41, 5.74) is 4.30. The lowest BCUT2D eigenvalue weighted by Gasteiger charge is -2.09. The molecule has 0 bridgehead atoms. The van der Waals surface area contributed by atoms with Crippen LogP contribution < -0.4 is 14.8 Å². The molecule has 0 aliphatic carbocycles. The van der Waals surface area contributed by atoms with Gasteiger partial charge in [-0.05, 0) is 49.2 Å². The van der Waals surface area contributed by atoms with Gasteiger partial charge in [0.25, 0.3) is 0 Å². The van der Waals surface area contributed by atoms with Crippen molar-refractivity contribution < 1.29 is 14.3 Å². The number of ether oxygens (including phenoxy) is 2. The number of H-pyrrole nitrogens is 1. The third-order valence-electron chi connectivity index (χ3n) is 4.30. The van der Waals surface area contributed by atoms with E-state index in [-0.39, 0.29) is 5.91 Å². The molecule has 1 amide bonds. The Hall–Kier alpha value is -2.95. The van der Waals surface area contributed by atoms with E-state index >= 15 is 0 Å². The molecule has 136 valence electrons. The van der Waals surface area contributed by atoms with Crippen LogP contribution in [-0.2, 0) is 11.2 Å². The van der Waals surface area contributed by atoms with Gasteiger partial charge in [-0.3, -0.25) is 4.79 Å². The molecule has 5 heteroatoms. The second-order valence-corrected chi connectivity index (χ2v) is 6.08. The van der Waals surface area contributed by atoms with Crippen LogP contribution in [0.2, 0.25) is 0 Å². The smallest absolute Gasteiger partial charge is 0.216 e. The number of amides is 1. The SMILES string of the molecule is CCOc1cccc(-c2[nH]c3ccc(OC)cc3c2CCNC(C)=O)c1. The number of aromatic amines is 1.